The molecule has 0 aliphatic carbocycles. The van der Waals surface area contributed by atoms with Gasteiger partial charge in [-0.3, -0.25) is 4.68 Å². The summed E-state index contributed by atoms with van der Waals surface area (Å²) < 4.78 is 7.00. The molecule has 0 radical (unpaired) electrons. The molecule has 4 nitrogen and oxygen atoms in total. The van der Waals surface area contributed by atoms with Gasteiger partial charge < -0.3 is 9.84 Å². The molecule has 2 unspecified atom stereocenters. The second-order valence-electron chi connectivity index (χ2n) is 4.23. The van der Waals surface area contributed by atoms with E-state index in [1.54, 1.807) is 29.8 Å². The van der Waals surface area contributed by atoms with Crippen molar-refractivity contribution in [2.24, 2.45) is 7.05 Å². The van der Waals surface area contributed by atoms with Crippen molar-refractivity contribution in [2.75, 3.05) is 12.9 Å². The number of methoxy groups -OCH3 is 1. The first-order valence-corrected chi connectivity index (χ1v) is 6.55. The number of hydrogen-bond donors (Lipinski definition) is 1. The Balaban J connectivity index is 2.44. The molecule has 1 saturated heterocycles. The highest BCUT2D eigenvalue weighted by Crippen LogP contribution is 2.44. The van der Waals surface area contributed by atoms with E-state index in [1.807, 2.05) is 7.05 Å². The Morgan fingerprint density at radius 3 is 3.06 bits per heavy atom. The predicted molar refractivity (Wildman–Crippen MR) is 64.8 cm³/mol. The van der Waals surface area contributed by atoms with E-state index in [0.29, 0.717) is 5.75 Å². The van der Waals surface area contributed by atoms with Gasteiger partial charge in [0.1, 0.15) is 11.3 Å². The quantitative estimate of drug-likeness (QED) is 0.854. The molecular formula is C11H18N2O2S. The number of ether oxygens (including phenoxy) is 1. The molecule has 2 heterocycles. The molecule has 0 bridgehead atoms. The highest BCUT2D eigenvalue weighted by Gasteiger charge is 2.42. The minimum absolute atomic E-state index is 0.172. The van der Waals surface area contributed by atoms with Crippen LogP contribution >= 0.6 is 11.8 Å². The summed E-state index contributed by atoms with van der Waals surface area (Å²) >= 11 is 1.80. The predicted octanol–water partition coefficient (Wildman–Crippen LogP) is 1.53. The first-order valence-electron chi connectivity index (χ1n) is 5.50. The maximum atomic E-state index is 10.8. The lowest BCUT2D eigenvalue weighted by atomic mass is 9.89. The van der Waals surface area contributed by atoms with Crippen molar-refractivity contribution in [2.45, 2.75) is 30.6 Å². The van der Waals surface area contributed by atoms with Crippen molar-refractivity contribution in [1.82, 2.24) is 9.78 Å². The van der Waals surface area contributed by atoms with Crippen LogP contribution in [0.15, 0.2) is 6.20 Å². The summed E-state index contributed by atoms with van der Waals surface area (Å²) in [5.74, 6) is 1.79. The van der Waals surface area contributed by atoms with Gasteiger partial charge in [-0.1, -0.05) is 6.92 Å². The van der Waals surface area contributed by atoms with Gasteiger partial charge >= 0.3 is 0 Å². The van der Waals surface area contributed by atoms with E-state index in [1.165, 1.54) is 0 Å². The second-order valence-corrected chi connectivity index (χ2v) is 5.67. The fourth-order valence-electron chi connectivity index (χ4n) is 2.31. The Morgan fingerprint density at radius 2 is 2.44 bits per heavy atom. The van der Waals surface area contributed by atoms with Crippen molar-refractivity contribution < 1.29 is 9.84 Å². The second kappa shape index (κ2) is 4.30. The average molecular weight is 242 g/mol. The molecule has 1 aliphatic rings. The summed E-state index contributed by atoms with van der Waals surface area (Å²) in [5, 5.41) is 15.2. The zero-order valence-corrected chi connectivity index (χ0v) is 10.8. The van der Waals surface area contributed by atoms with E-state index in [-0.39, 0.29) is 5.25 Å². The van der Waals surface area contributed by atoms with Gasteiger partial charge in [0.2, 0.25) is 0 Å². The first-order chi connectivity index (χ1) is 7.59. The van der Waals surface area contributed by atoms with Crippen molar-refractivity contribution >= 4 is 11.8 Å². The molecule has 0 amide bonds. The number of hydrogen-bond acceptors (Lipinski definition) is 4. The van der Waals surface area contributed by atoms with Gasteiger partial charge in [-0.25, -0.2) is 0 Å². The van der Waals surface area contributed by atoms with Gasteiger partial charge in [-0.2, -0.15) is 16.9 Å². The number of thioether (sulfide) groups is 1. The molecule has 2 atom stereocenters. The van der Waals surface area contributed by atoms with Gasteiger partial charge in [0.15, 0.2) is 5.75 Å². The van der Waals surface area contributed by atoms with E-state index in [9.17, 15) is 5.11 Å². The average Bonchev–Trinajstić information content (AvgIpc) is 2.64. The Morgan fingerprint density at radius 1 is 1.69 bits per heavy atom. The highest BCUT2D eigenvalue weighted by molar-refractivity contribution is 8.00. The zero-order valence-electron chi connectivity index (χ0n) is 9.93. The van der Waals surface area contributed by atoms with Crippen LogP contribution in [-0.4, -0.2) is 33.0 Å². The summed E-state index contributed by atoms with van der Waals surface area (Å²) in [6.07, 6.45) is 3.47. The fraction of sp³-hybridized carbons (Fsp3) is 0.727. The van der Waals surface area contributed by atoms with E-state index < -0.39 is 5.60 Å². The third-order valence-corrected chi connectivity index (χ3v) is 4.69. The van der Waals surface area contributed by atoms with Gasteiger partial charge in [0.05, 0.1) is 13.3 Å². The smallest absolute Gasteiger partial charge is 0.162 e. The zero-order chi connectivity index (χ0) is 11.8. The van der Waals surface area contributed by atoms with Gasteiger partial charge in [-0.15, -0.1) is 0 Å². The van der Waals surface area contributed by atoms with Gasteiger partial charge in [-0.05, 0) is 18.6 Å². The standard InChI is InChI=1S/C11H18N2O2S/c1-8-11(14,5-4-6-16-8)10-9(15-3)7-12-13(10)2/h7-8,14H,4-6H2,1-3H3. The molecule has 1 fully saturated rings. The Kier molecular flexibility index (Phi) is 3.17. The van der Waals surface area contributed by atoms with Crippen LogP contribution in [0.2, 0.25) is 0 Å². The van der Waals surface area contributed by atoms with Crippen LogP contribution in [0.4, 0.5) is 0 Å². The van der Waals surface area contributed by atoms with Crippen molar-refractivity contribution in [3.63, 3.8) is 0 Å². The van der Waals surface area contributed by atoms with Crippen LogP contribution < -0.4 is 4.74 Å². The Hall–Kier alpha value is -0.680. The van der Waals surface area contributed by atoms with Crippen molar-refractivity contribution in [1.29, 1.82) is 0 Å². The summed E-state index contributed by atoms with van der Waals surface area (Å²) in [6, 6.07) is 0. The van der Waals surface area contributed by atoms with Gasteiger partial charge in [0, 0.05) is 12.3 Å². The van der Waals surface area contributed by atoms with Crippen LogP contribution in [0.1, 0.15) is 25.5 Å². The normalized spacial score (nSPS) is 30.4. The summed E-state index contributed by atoms with van der Waals surface area (Å²) in [5.41, 5.74) is -0.0193. The SMILES string of the molecule is COc1cnn(C)c1C1(O)CCCSC1C. The van der Waals surface area contributed by atoms with Gasteiger partial charge in [0.25, 0.3) is 0 Å². The third kappa shape index (κ3) is 1.72. The molecule has 1 aliphatic heterocycles. The molecule has 1 aromatic rings. The van der Waals surface area contributed by atoms with Crippen molar-refractivity contribution in [3.8, 4) is 5.75 Å². The van der Waals surface area contributed by atoms with E-state index in [4.69, 9.17) is 4.74 Å². The number of aromatic nitrogens is 2. The topological polar surface area (TPSA) is 47.3 Å². The molecule has 2 rings (SSSR count). The molecule has 0 aromatic carbocycles. The summed E-state index contributed by atoms with van der Waals surface area (Å²) in [6.45, 7) is 2.07. The number of aliphatic hydroxyl groups is 1. The summed E-state index contributed by atoms with van der Waals surface area (Å²) in [7, 11) is 3.46. The van der Waals surface area contributed by atoms with Crippen LogP contribution in [-0.2, 0) is 12.6 Å². The lowest BCUT2D eigenvalue weighted by Gasteiger charge is -2.37. The lowest BCUT2D eigenvalue weighted by Crippen LogP contribution is -2.40. The minimum atomic E-state index is -0.820. The van der Waals surface area contributed by atoms with E-state index in [0.717, 1.165) is 24.3 Å². The third-order valence-electron chi connectivity index (χ3n) is 3.28. The van der Waals surface area contributed by atoms with Crippen LogP contribution in [0.5, 0.6) is 5.75 Å². The maximum absolute atomic E-state index is 10.8. The first kappa shape index (κ1) is 11.8. The number of aryl methyl sites for hydroxylation is 1. The number of rotatable bonds is 2. The minimum Gasteiger partial charge on any atom is -0.493 e. The van der Waals surface area contributed by atoms with E-state index >= 15 is 0 Å². The van der Waals surface area contributed by atoms with Crippen molar-refractivity contribution in [3.05, 3.63) is 11.9 Å². The molecule has 0 spiro atoms. The molecule has 1 N–H and O–H groups in total. The Bertz CT molecular complexity index is 380. The monoisotopic (exact) mass is 242 g/mol. The molecular weight excluding hydrogens is 224 g/mol. The number of nitrogens with zero attached hydrogens (tertiary/aromatic N) is 2. The van der Waals surface area contributed by atoms with Crippen LogP contribution in [0.3, 0.4) is 0 Å². The lowest BCUT2D eigenvalue weighted by molar-refractivity contribution is 0.0152. The Labute approximate surface area is 100.0 Å². The highest BCUT2D eigenvalue weighted by atomic mass is 32.2. The van der Waals surface area contributed by atoms with Crippen LogP contribution in [0, 0.1) is 0 Å². The fourth-order valence-corrected chi connectivity index (χ4v) is 3.48. The molecule has 0 saturated carbocycles. The van der Waals surface area contributed by atoms with Crippen LogP contribution in [0.25, 0.3) is 0 Å². The largest absolute Gasteiger partial charge is 0.493 e. The summed E-state index contributed by atoms with van der Waals surface area (Å²) in [4.78, 5) is 0. The maximum Gasteiger partial charge on any atom is 0.162 e. The molecule has 90 valence electrons. The van der Waals surface area contributed by atoms with E-state index in [2.05, 4.69) is 12.0 Å². The molecule has 16 heavy (non-hydrogen) atoms. The molecule has 5 heteroatoms. The molecule has 1 aromatic heterocycles.